The largest absolute Gasteiger partial charge is 0.496 e. The normalized spacial score (nSPS) is 18.3. The van der Waals surface area contributed by atoms with Crippen LogP contribution in [-0.4, -0.2) is 32.4 Å². The maximum absolute atomic E-state index is 12.1. The number of carbonyl (C=O) groups excluding carboxylic acids is 1. The summed E-state index contributed by atoms with van der Waals surface area (Å²) >= 11 is 0. The first-order valence-electron chi connectivity index (χ1n) is 7.34. The van der Waals surface area contributed by atoms with E-state index >= 15 is 0 Å². The summed E-state index contributed by atoms with van der Waals surface area (Å²) in [5.74, 6) is 0.766. The lowest BCUT2D eigenvalue weighted by Gasteiger charge is -2.28. The van der Waals surface area contributed by atoms with Crippen LogP contribution in [0.1, 0.15) is 32.3 Å². The van der Waals surface area contributed by atoms with Crippen LogP contribution in [0, 0.1) is 0 Å². The van der Waals surface area contributed by atoms with Gasteiger partial charge in [0.05, 0.1) is 18.8 Å². The number of urea groups is 1. The van der Waals surface area contributed by atoms with E-state index in [1.807, 2.05) is 38.1 Å². The smallest absolute Gasteiger partial charge is 0.315 e. The Labute approximate surface area is 126 Å². The number of nitrogens with one attached hydrogen (secondary N) is 2. The van der Waals surface area contributed by atoms with Crippen LogP contribution in [0.15, 0.2) is 24.3 Å². The highest BCUT2D eigenvalue weighted by molar-refractivity contribution is 5.75. The minimum absolute atomic E-state index is 0.144. The molecule has 5 nitrogen and oxygen atoms in total. The van der Waals surface area contributed by atoms with Gasteiger partial charge in [-0.3, -0.25) is 0 Å². The van der Waals surface area contributed by atoms with Gasteiger partial charge >= 0.3 is 6.03 Å². The number of rotatable bonds is 5. The molecule has 5 heteroatoms. The van der Waals surface area contributed by atoms with Gasteiger partial charge in [0.1, 0.15) is 5.75 Å². The van der Waals surface area contributed by atoms with Crippen molar-refractivity contribution in [2.24, 2.45) is 0 Å². The molecule has 1 fully saturated rings. The van der Waals surface area contributed by atoms with E-state index in [-0.39, 0.29) is 12.1 Å². The molecule has 0 bridgehead atoms. The Kier molecular flexibility index (Phi) is 5.07. The lowest BCUT2D eigenvalue weighted by Crippen LogP contribution is -2.48. The molecule has 0 radical (unpaired) electrons. The number of hydrogen-bond donors (Lipinski definition) is 2. The van der Waals surface area contributed by atoms with Gasteiger partial charge in [-0.05, 0) is 32.8 Å². The van der Waals surface area contributed by atoms with Crippen molar-refractivity contribution in [1.29, 1.82) is 0 Å². The number of benzene rings is 1. The predicted octanol–water partition coefficient (Wildman–Crippen LogP) is 2.41. The van der Waals surface area contributed by atoms with Gasteiger partial charge in [0.15, 0.2) is 0 Å². The van der Waals surface area contributed by atoms with Crippen LogP contribution in [0.3, 0.4) is 0 Å². The Balaban J connectivity index is 1.94. The zero-order valence-corrected chi connectivity index (χ0v) is 12.9. The zero-order chi connectivity index (χ0) is 15.3. The van der Waals surface area contributed by atoms with Crippen LogP contribution in [0.5, 0.6) is 5.75 Å². The maximum Gasteiger partial charge on any atom is 0.315 e. The van der Waals surface area contributed by atoms with Gasteiger partial charge in [-0.15, -0.1) is 0 Å². The Bertz CT molecular complexity index is 482. The molecule has 1 aliphatic heterocycles. The van der Waals surface area contributed by atoms with E-state index in [0.29, 0.717) is 6.54 Å². The summed E-state index contributed by atoms with van der Waals surface area (Å²) in [7, 11) is 1.63. The summed E-state index contributed by atoms with van der Waals surface area (Å²) in [6.07, 6.45) is 2.22. The summed E-state index contributed by atoms with van der Waals surface area (Å²) in [6, 6.07) is 7.50. The molecule has 1 aromatic carbocycles. The number of amides is 2. The third-order valence-electron chi connectivity index (χ3n) is 3.72. The van der Waals surface area contributed by atoms with E-state index in [2.05, 4.69) is 10.6 Å². The van der Waals surface area contributed by atoms with Crippen molar-refractivity contribution in [1.82, 2.24) is 10.6 Å². The van der Waals surface area contributed by atoms with Crippen molar-refractivity contribution in [3.8, 4) is 5.75 Å². The lowest BCUT2D eigenvalue weighted by atomic mass is 9.93. The second-order valence-electron chi connectivity index (χ2n) is 5.80. The maximum atomic E-state index is 12.1. The Morgan fingerprint density at radius 3 is 2.86 bits per heavy atom. The van der Waals surface area contributed by atoms with Gasteiger partial charge in [0.25, 0.3) is 0 Å². The topological polar surface area (TPSA) is 59.6 Å². The van der Waals surface area contributed by atoms with Gasteiger partial charge in [-0.25, -0.2) is 4.79 Å². The van der Waals surface area contributed by atoms with Crippen molar-refractivity contribution in [2.75, 3.05) is 20.3 Å². The SMILES string of the molecule is COc1ccccc1C(C)(C)NC(=O)NC[C@@H]1CCCO1. The molecule has 116 valence electrons. The van der Waals surface area contributed by atoms with E-state index in [1.165, 1.54) is 0 Å². The number of ether oxygens (including phenoxy) is 2. The summed E-state index contributed by atoms with van der Waals surface area (Å²) in [5.41, 5.74) is 0.424. The molecule has 0 spiro atoms. The molecular formula is C16H24N2O3. The minimum atomic E-state index is -0.521. The van der Waals surface area contributed by atoms with Crippen LogP contribution < -0.4 is 15.4 Å². The molecule has 0 saturated carbocycles. The van der Waals surface area contributed by atoms with Crippen LogP contribution in [-0.2, 0) is 10.3 Å². The summed E-state index contributed by atoms with van der Waals surface area (Å²) in [4.78, 5) is 12.1. The summed E-state index contributed by atoms with van der Waals surface area (Å²) < 4.78 is 10.9. The molecule has 1 aromatic rings. The van der Waals surface area contributed by atoms with Crippen LogP contribution in [0.25, 0.3) is 0 Å². The highest BCUT2D eigenvalue weighted by Crippen LogP contribution is 2.29. The standard InChI is InChI=1S/C16H24N2O3/c1-16(2,13-8-4-5-9-14(13)20-3)18-15(19)17-11-12-7-6-10-21-12/h4-5,8-9,12H,6-7,10-11H2,1-3H3,(H2,17,18,19)/t12-/m0/s1. The highest BCUT2D eigenvalue weighted by Gasteiger charge is 2.26. The molecule has 1 aliphatic rings. The van der Waals surface area contributed by atoms with E-state index in [4.69, 9.17) is 9.47 Å². The monoisotopic (exact) mass is 292 g/mol. The van der Waals surface area contributed by atoms with Crippen LogP contribution in [0.2, 0.25) is 0 Å². The Hall–Kier alpha value is -1.75. The van der Waals surface area contributed by atoms with Gasteiger partial charge < -0.3 is 20.1 Å². The highest BCUT2D eigenvalue weighted by atomic mass is 16.5. The number of carbonyl (C=O) groups is 1. The molecular weight excluding hydrogens is 268 g/mol. The molecule has 1 heterocycles. The fourth-order valence-corrected chi connectivity index (χ4v) is 2.57. The molecule has 2 N–H and O–H groups in total. The second-order valence-corrected chi connectivity index (χ2v) is 5.80. The number of hydrogen-bond acceptors (Lipinski definition) is 3. The molecule has 21 heavy (non-hydrogen) atoms. The summed E-state index contributed by atoms with van der Waals surface area (Å²) in [5, 5.41) is 5.86. The first-order valence-corrected chi connectivity index (χ1v) is 7.34. The predicted molar refractivity (Wildman–Crippen MR) is 81.5 cm³/mol. The van der Waals surface area contributed by atoms with Crippen molar-refractivity contribution >= 4 is 6.03 Å². The van der Waals surface area contributed by atoms with Crippen molar-refractivity contribution < 1.29 is 14.3 Å². The summed E-state index contributed by atoms with van der Waals surface area (Å²) in [6.45, 7) is 5.25. The first kappa shape index (κ1) is 15.6. The fraction of sp³-hybridized carbons (Fsp3) is 0.562. The van der Waals surface area contributed by atoms with Crippen molar-refractivity contribution in [2.45, 2.75) is 38.3 Å². The van der Waals surface area contributed by atoms with Gasteiger partial charge in [0, 0.05) is 18.7 Å². The second kappa shape index (κ2) is 6.80. The average Bonchev–Trinajstić information content (AvgIpc) is 2.98. The number of para-hydroxylation sites is 1. The van der Waals surface area contributed by atoms with Gasteiger partial charge in [-0.1, -0.05) is 18.2 Å². The molecule has 2 rings (SSSR count). The van der Waals surface area contributed by atoms with Gasteiger partial charge in [-0.2, -0.15) is 0 Å². The van der Waals surface area contributed by atoms with Crippen molar-refractivity contribution in [3.63, 3.8) is 0 Å². The van der Waals surface area contributed by atoms with E-state index in [9.17, 15) is 4.79 Å². The lowest BCUT2D eigenvalue weighted by molar-refractivity contribution is 0.111. The van der Waals surface area contributed by atoms with Crippen LogP contribution in [0.4, 0.5) is 4.79 Å². The van der Waals surface area contributed by atoms with Crippen LogP contribution >= 0.6 is 0 Å². The van der Waals surface area contributed by atoms with Gasteiger partial charge in [0.2, 0.25) is 0 Å². The average molecular weight is 292 g/mol. The first-order chi connectivity index (χ1) is 10.0. The fourth-order valence-electron chi connectivity index (χ4n) is 2.57. The third-order valence-corrected chi connectivity index (χ3v) is 3.72. The van der Waals surface area contributed by atoms with E-state index in [1.54, 1.807) is 7.11 Å². The minimum Gasteiger partial charge on any atom is -0.496 e. The van der Waals surface area contributed by atoms with Crippen molar-refractivity contribution in [3.05, 3.63) is 29.8 Å². The van der Waals surface area contributed by atoms with E-state index in [0.717, 1.165) is 30.8 Å². The van der Waals surface area contributed by atoms with E-state index < -0.39 is 5.54 Å². The molecule has 0 unspecified atom stereocenters. The third kappa shape index (κ3) is 4.11. The molecule has 1 saturated heterocycles. The molecule has 1 atom stereocenters. The Morgan fingerprint density at radius 2 is 2.19 bits per heavy atom. The zero-order valence-electron chi connectivity index (χ0n) is 12.9. The molecule has 0 aromatic heterocycles. The molecule has 2 amide bonds. The quantitative estimate of drug-likeness (QED) is 0.876. The number of methoxy groups -OCH3 is 1. The molecule has 0 aliphatic carbocycles. The Morgan fingerprint density at radius 1 is 1.43 bits per heavy atom.